The third-order valence-corrected chi connectivity index (χ3v) is 2.22. The van der Waals surface area contributed by atoms with Gasteiger partial charge < -0.3 is 5.11 Å². The minimum absolute atomic E-state index is 0.0186. The molecule has 1 saturated carbocycles. The van der Waals surface area contributed by atoms with Gasteiger partial charge in [-0.1, -0.05) is 5.57 Å². The van der Waals surface area contributed by atoms with E-state index >= 15 is 0 Å². The molecule has 0 bridgehead atoms. The molecule has 68 valence electrons. The smallest absolute Gasteiger partial charge is 0.168 e. The van der Waals surface area contributed by atoms with Gasteiger partial charge in [0.1, 0.15) is 5.60 Å². The number of rotatable bonds is 1. The minimum Gasteiger partial charge on any atom is -0.378 e. The Kier molecular flexibility index (Phi) is 2.68. The minimum atomic E-state index is -1.14. The zero-order valence-corrected chi connectivity index (χ0v) is 7.76. The van der Waals surface area contributed by atoms with Gasteiger partial charge in [0.2, 0.25) is 0 Å². The first-order valence-corrected chi connectivity index (χ1v) is 4.46. The summed E-state index contributed by atoms with van der Waals surface area (Å²) in [6.07, 6.45) is 4.69. The van der Waals surface area contributed by atoms with Crippen LogP contribution in [0.3, 0.4) is 0 Å². The molecule has 0 heterocycles. The second-order valence-corrected chi connectivity index (χ2v) is 3.78. The first-order chi connectivity index (χ1) is 5.54. The third kappa shape index (κ3) is 1.95. The van der Waals surface area contributed by atoms with Gasteiger partial charge in [-0.3, -0.25) is 4.79 Å². The van der Waals surface area contributed by atoms with Crippen molar-refractivity contribution in [3.63, 3.8) is 0 Å². The van der Waals surface area contributed by atoms with Crippen molar-refractivity contribution in [2.24, 2.45) is 0 Å². The summed E-state index contributed by atoms with van der Waals surface area (Å²) in [4.78, 5) is 11.4. The highest BCUT2D eigenvalue weighted by atomic mass is 16.3. The fraction of sp³-hybridized carbons (Fsp3) is 0.700. The summed E-state index contributed by atoms with van der Waals surface area (Å²) in [5.74, 6) is -0.0186. The summed E-state index contributed by atoms with van der Waals surface area (Å²) in [6.45, 7) is 3.81. The number of allylic oxidation sites excluding steroid dienone is 1. The van der Waals surface area contributed by atoms with Crippen LogP contribution in [0, 0.1) is 0 Å². The van der Waals surface area contributed by atoms with Gasteiger partial charge in [0.15, 0.2) is 5.78 Å². The van der Waals surface area contributed by atoms with Crippen LogP contribution < -0.4 is 0 Å². The van der Waals surface area contributed by atoms with Crippen molar-refractivity contribution in [3.8, 4) is 0 Å². The van der Waals surface area contributed by atoms with Crippen LogP contribution in [0.2, 0.25) is 0 Å². The van der Waals surface area contributed by atoms with Crippen molar-refractivity contribution < 1.29 is 9.90 Å². The Morgan fingerprint density at radius 3 is 2.67 bits per heavy atom. The average molecular weight is 168 g/mol. The van der Waals surface area contributed by atoms with E-state index in [1.807, 2.05) is 13.8 Å². The SMILES string of the molecule is CC(C)=CC1(O)CCCCC1=O. The Hall–Kier alpha value is -0.630. The fourth-order valence-electron chi connectivity index (χ4n) is 1.67. The van der Waals surface area contributed by atoms with E-state index in [2.05, 4.69) is 0 Å². The number of ketones is 1. The van der Waals surface area contributed by atoms with Gasteiger partial charge in [-0.25, -0.2) is 0 Å². The number of carbonyl (C=O) groups excluding carboxylic acids is 1. The van der Waals surface area contributed by atoms with Crippen LogP contribution in [0.5, 0.6) is 0 Å². The molecule has 0 aromatic carbocycles. The van der Waals surface area contributed by atoms with Gasteiger partial charge in [0.25, 0.3) is 0 Å². The first-order valence-electron chi connectivity index (χ1n) is 4.46. The summed E-state index contributed by atoms with van der Waals surface area (Å²) in [5, 5.41) is 9.88. The molecular formula is C10H16O2. The molecule has 12 heavy (non-hydrogen) atoms. The Balaban J connectivity index is 2.80. The largest absolute Gasteiger partial charge is 0.378 e. The second kappa shape index (κ2) is 3.40. The molecule has 1 atom stereocenters. The third-order valence-electron chi connectivity index (χ3n) is 2.22. The van der Waals surface area contributed by atoms with E-state index in [4.69, 9.17) is 0 Å². The molecule has 1 aliphatic rings. The second-order valence-electron chi connectivity index (χ2n) is 3.78. The summed E-state index contributed by atoms with van der Waals surface area (Å²) >= 11 is 0. The van der Waals surface area contributed by atoms with Crippen LogP contribution in [0.15, 0.2) is 11.6 Å². The van der Waals surface area contributed by atoms with E-state index in [1.54, 1.807) is 6.08 Å². The lowest BCUT2D eigenvalue weighted by atomic mass is 9.82. The van der Waals surface area contributed by atoms with Crippen molar-refractivity contribution in [2.45, 2.75) is 45.1 Å². The molecule has 0 radical (unpaired) electrons. The molecular weight excluding hydrogens is 152 g/mol. The number of carbonyl (C=O) groups is 1. The van der Waals surface area contributed by atoms with Crippen LogP contribution in [0.25, 0.3) is 0 Å². The maximum Gasteiger partial charge on any atom is 0.168 e. The number of aliphatic hydroxyl groups is 1. The van der Waals surface area contributed by atoms with E-state index in [9.17, 15) is 9.90 Å². The van der Waals surface area contributed by atoms with Crippen molar-refractivity contribution in [3.05, 3.63) is 11.6 Å². The molecule has 1 fully saturated rings. The highest BCUT2D eigenvalue weighted by Crippen LogP contribution is 2.26. The quantitative estimate of drug-likeness (QED) is 0.606. The summed E-state index contributed by atoms with van der Waals surface area (Å²) in [7, 11) is 0. The van der Waals surface area contributed by atoms with E-state index in [0.29, 0.717) is 12.8 Å². The molecule has 1 rings (SSSR count). The molecule has 1 unspecified atom stereocenters. The van der Waals surface area contributed by atoms with Crippen molar-refractivity contribution in [1.82, 2.24) is 0 Å². The van der Waals surface area contributed by atoms with Crippen LogP contribution in [-0.2, 0) is 4.79 Å². The maximum absolute atomic E-state index is 11.4. The van der Waals surface area contributed by atoms with Crippen molar-refractivity contribution >= 4 is 5.78 Å². The highest BCUT2D eigenvalue weighted by Gasteiger charge is 2.34. The summed E-state index contributed by atoms with van der Waals surface area (Å²) in [6, 6.07) is 0. The molecule has 1 aliphatic carbocycles. The van der Waals surface area contributed by atoms with Gasteiger partial charge in [-0.2, -0.15) is 0 Å². The molecule has 0 aromatic heterocycles. The normalized spacial score (nSPS) is 30.1. The predicted octanol–water partition coefficient (Wildman–Crippen LogP) is 1.83. The Bertz CT molecular complexity index is 214. The molecule has 0 aromatic rings. The predicted molar refractivity (Wildman–Crippen MR) is 47.9 cm³/mol. The van der Waals surface area contributed by atoms with E-state index in [0.717, 1.165) is 18.4 Å². The summed E-state index contributed by atoms with van der Waals surface area (Å²) in [5.41, 5.74) is -0.135. The number of Topliss-reactive ketones (excluding diaryl/α,β-unsaturated/α-hetero) is 1. The van der Waals surface area contributed by atoms with Crippen LogP contribution in [0.1, 0.15) is 39.5 Å². The van der Waals surface area contributed by atoms with Gasteiger partial charge >= 0.3 is 0 Å². The lowest BCUT2D eigenvalue weighted by Crippen LogP contribution is -2.39. The molecule has 2 nitrogen and oxygen atoms in total. The standard InChI is InChI=1S/C10H16O2/c1-8(2)7-10(12)6-4-3-5-9(10)11/h7,12H,3-6H2,1-2H3. The topological polar surface area (TPSA) is 37.3 Å². The Morgan fingerprint density at radius 1 is 1.50 bits per heavy atom. The fourth-order valence-corrected chi connectivity index (χ4v) is 1.67. The molecule has 1 N–H and O–H groups in total. The van der Waals surface area contributed by atoms with Crippen LogP contribution in [-0.4, -0.2) is 16.5 Å². The zero-order valence-electron chi connectivity index (χ0n) is 7.76. The molecule has 0 spiro atoms. The van der Waals surface area contributed by atoms with Crippen molar-refractivity contribution in [2.75, 3.05) is 0 Å². The molecule has 0 saturated heterocycles. The molecule has 0 amide bonds. The Morgan fingerprint density at radius 2 is 2.17 bits per heavy atom. The van der Waals surface area contributed by atoms with E-state index in [-0.39, 0.29) is 5.78 Å². The van der Waals surface area contributed by atoms with Gasteiger partial charge in [-0.15, -0.1) is 0 Å². The van der Waals surface area contributed by atoms with Gasteiger partial charge in [0, 0.05) is 6.42 Å². The van der Waals surface area contributed by atoms with Crippen molar-refractivity contribution in [1.29, 1.82) is 0 Å². The van der Waals surface area contributed by atoms with Crippen LogP contribution >= 0.6 is 0 Å². The number of hydrogen-bond acceptors (Lipinski definition) is 2. The zero-order chi connectivity index (χ0) is 9.19. The maximum atomic E-state index is 11.4. The van der Waals surface area contributed by atoms with Gasteiger partial charge in [0.05, 0.1) is 0 Å². The van der Waals surface area contributed by atoms with E-state index in [1.165, 1.54) is 0 Å². The lowest BCUT2D eigenvalue weighted by Gasteiger charge is -2.27. The first kappa shape index (κ1) is 9.46. The summed E-state index contributed by atoms with van der Waals surface area (Å²) < 4.78 is 0. The molecule has 2 heteroatoms. The van der Waals surface area contributed by atoms with E-state index < -0.39 is 5.60 Å². The van der Waals surface area contributed by atoms with Gasteiger partial charge in [-0.05, 0) is 39.2 Å². The molecule has 0 aliphatic heterocycles. The number of hydrogen-bond donors (Lipinski definition) is 1. The Labute approximate surface area is 73.3 Å². The van der Waals surface area contributed by atoms with Crippen LogP contribution in [0.4, 0.5) is 0 Å². The highest BCUT2D eigenvalue weighted by molar-refractivity contribution is 5.89. The lowest BCUT2D eigenvalue weighted by molar-refractivity contribution is -0.135. The monoisotopic (exact) mass is 168 g/mol. The average Bonchev–Trinajstić information content (AvgIpc) is 1.94.